The smallest absolute Gasteiger partial charge is 0.336 e. The number of hydroxylamine groups is 1. The number of anilines is 2. The lowest BCUT2D eigenvalue weighted by Gasteiger charge is -2.35. The van der Waals surface area contributed by atoms with Gasteiger partial charge >= 0.3 is 5.97 Å². The van der Waals surface area contributed by atoms with Gasteiger partial charge in [-0.3, -0.25) is 24.4 Å². The number of benzene rings is 5. The van der Waals surface area contributed by atoms with Gasteiger partial charge in [0.15, 0.2) is 0 Å². The van der Waals surface area contributed by atoms with E-state index in [1.54, 1.807) is 41.9 Å². The van der Waals surface area contributed by atoms with Gasteiger partial charge in [-0.2, -0.15) is 0 Å². The first-order chi connectivity index (χ1) is 37.5. The van der Waals surface area contributed by atoms with Crippen molar-refractivity contribution in [2.75, 3.05) is 49.5 Å². The molecule has 5 N–H and O–H groups in total. The number of rotatable bonds is 18. The SMILES string of the molecule is [N-]=[N+]=Nc1ccc(CN(CCNC(=O)c2ccc(C(=O)O)c(C3=c4cc5c6c(c4Oc4c3cc3c7c4CCCN7CCCC3)CCC[N+]=6CCCC5)c2)C(=O)c2ccc(NC(=O)CCCCCCC(=O)NO)cc2)cc1F. The lowest BCUT2D eigenvalue weighted by molar-refractivity contribution is -0.129. The van der Waals surface area contributed by atoms with Gasteiger partial charge in [-0.1, -0.05) is 24.0 Å². The summed E-state index contributed by atoms with van der Waals surface area (Å²) in [5, 5.41) is 30.9. The van der Waals surface area contributed by atoms with Gasteiger partial charge in [0.25, 0.3) is 11.8 Å². The molecule has 0 atom stereocenters. The topological polar surface area (TPSA) is 229 Å². The summed E-state index contributed by atoms with van der Waals surface area (Å²) < 4.78 is 24.8. The van der Waals surface area contributed by atoms with E-state index in [1.165, 1.54) is 51.3 Å². The highest BCUT2D eigenvalue weighted by molar-refractivity contribution is 6.03. The molecule has 0 bridgehead atoms. The highest BCUT2D eigenvalue weighted by Gasteiger charge is 2.36. The van der Waals surface area contributed by atoms with Crippen molar-refractivity contribution in [1.29, 1.82) is 0 Å². The van der Waals surface area contributed by atoms with Crippen LogP contribution in [0.25, 0.3) is 16.0 Å². The number of nitrogens with one attached hydrogen (secondary N) is 3. The van der Waals surface area contributed by atoms with E-state index in [2.05, 4.69) is 42.3 Å². The quantitative estimate of drug-likeness (QED) is 0.0106. The average molecular weight is 1050 g/mol. The summed E-state index contributed by atoms with van der Waals surface area (Å²) in [7, 11) is 0. The number of carbonyl (C=O) groups is 5. The maximum absolute atomic E-state index is 15.1. The summed E-state index contributed by atoms with van der Waals surface area (Å²) in [4.78, 5) is 72.7. The van der Waals surface area contributed by atoms with Crippen LogP contribution in [0, 0.1) is 5.82 Å². The summed E-state index contributed by atoms with van der Waals surface area (Å²) in [5.41, 5.74) is 19.8. The Kier molecular flexibility index (Phi) is 15.9. The molecule has 0 fully saturated rings. The number of amides is 4. The van der Waals surface area contributed by atoms with E-state index in [9.17, 15) is 29.1 Å². The van der Waals surface area contributed by atoms with Gasteiger partial charge in [-0.15, -0.1) is 0 Å². The zero-order valence-electron chi connectivity index (χ0n) is 43.1. The third-order valence-corrected chi connectivity index (χ3v) is 15.6. The van der Waals surface area contributed by atoms with Crippen molar-refractivity contribution in [2.24, 2.45) is 5.11 Å². The Hall–Kier alpha value is -8.08. The van der Waals surface area contributed by atoms with E-state index in [1.807, 2.05) is 0 Å². The summed E-state index contributed by atoms with van der Waals surface area (Å²) in [6.45, 7) is 3.79. The van der Waals surface area contributed by atoms with Gasteiger partial charge in [0.05, 0.1) is 16.8 Å². The molecule has 5 heterocycles. The van der Waals surface area contributed by atoms with Crippen molar-refractivity contribution in [3.8, 4) is 11.5 Å². The van der Waals surface area contributed by atoms with Gasteiger partial charge in [-0.25, -0.2) is 19.2 Å². The van der Waals surface area contributed by atoms with Gasteiger partial charge in [0.2, 0.25) is 17.2 Å². The Labute approximate surface area is 445 Å². The molecule has 0 saturated heterocycles. The second-order valence-electron chi connectivity index (χ2n) is 20.6. The van der Waals surface area contributed by atoms with Crippen molar-refractivity contribution in [3.63, 3.8) is 0 Å². The summed E-state index contributed by atoms with van der Waals surface area (Å²) >= 11 is 0. The van der Waals surface area contributed by atoms with Crippen LogP contribution in [0.1, 0.15) is 147 Å². The Morgan fingerprint density at radius 3 is 2.29 bits per heavy atom. The average Bonchev–Trinajstić information content (AvgIpc) is 4.00. The number of hydrogen-bond acceptors (Lipinski definition) is 9. The molecule has 18 heteroatoms. The Morgan fingerprint density at radius 1 is 0.766 bits per heavy atom. The molecule has 10 rings (SSSR count). The van der Waals surface area contributed by atoms with E-state index in [0.717, 1.165) is 142 Å². The van der Waals surface area contributed by atoms with Gasteiger partial charge < -0.3 is 30.3 Å². The van der Waals surface area contributed by atoms with Crippen molar-refractivity contribution in [1.82, 2.24) is 20.3 Å². The van der Waals surface area contributed by atoms with Crippen LogP contribution in [-0.2, 0) is 41.8 Å². The minimum Gasteiger partial charge on any atom is -0.478 e. The van der Waals surface area contributed by atoms with Crippen LogP contribution in [-0.4, -0.2) is 84.1 Å². The van der Waals surface area contributed by atoms with Crippen LogP contribution >= 0.6 is 0 Å². The second-order valence-corrected chi connectivity index (χ2v) is 20.6. The number of carboxylic acids is 1. The maximum Gasteiger partial charge on any atom is 0.336 e. The predicted octanol–water partition coefficient (Wildman–Crippen LogP) is 8.54. The monoisotopic (exact) mass is 1040 g/mol. The number of aromatic carboxylic acids is 1. The summed E-state index contributed by atoms with van der Waals surface area (Å²) in [5.74, 6) is -1.92. The Bertz CT molecular complexity index is 3370. The van der Waals surface area contributed by atoms with Crippen LogP contribution in [0.15, 0.2) is 77.9 Å². The second kappa shape index (κ2) is 23.4. The predicted molar refractivity (Wildman–Crippen MR) is 288 cm³/mol. The van der Waals surface area contributed by atoms with Crippen LogP contribution < -0.4 is 40.9 Å². The molecular weight excluding hydrogens is 982 g/mol. The highest BCUT2D eigenvalue weighted by Crippen LogP contribution is 2.48. The lowest BCUT2D eigenvalue weighted by atomic mass is 9.82. The molecule has 0 spiro atoms. The fraction of sp³-hybridized carbons (Fsp3) is 0.390. The van der Waals surface area contributed by atoms with Gasteiger partial charge in [0.1, 0.15) is 30.4 Å². The van der Waals surface area contributed by atoms with Crippen LogP contribution in [0.3, 0.4) is 0 Å². The molecule has 0 unspecified atom stereocenters. The largest absolute Gasteiger partial charge is 0.478 e. The van der Waals surface area contributed by atoms with Crippen molar-refractivity contribution in [3.05, 3.63) is 155 Å². The molecule has 0 aromatic heterocycles. The van der Waals surface area contributed by atoms with Crippen molar-refractivity contribution < 1.29 is 43.4 Å². The van der Waals surface area contributed by atoms with E-state index in [-0.39, 0.29) is 60.8 Å². The summed E-state index contributed by atoms with van der Waals surface area (Å²) in [6, 6.07) is 19.6. The number of carbonyl (C=O) groups excluding carboxylic acids is 4. The van der Waals surface area contributed by atoms with E-state index in [4.69, 9.17) is 15.5 Å². The van der Waals surface area contributed by atoms with E-state index < -0.39 is 29.5 Å². The minimum atomic E-state index is -1.12. The third kappa shape index (κ3) is 11.3. The first-order valence-corrected chi connectivity index (χ1v) is 27.0. The number of nitrogens with zero attached hydrogens (tertiary/aromatic N) is 6. The van der Waals surface area contributed by atoms with Crippen LogP contribution in [0.5, 0.6) is 11.5 Å². The lowest BCUT2D eigenvalue weighted by Crippen LogP contribution is -2.41. The fourth-order valence-electron chi connectivity index (χ4n) is 11.9. The zero-order valence-corrected chi connectivity index (χ0v) is 43.1. The third-order valence-electron chi connectivity index (χ3n) is 15.6. The molecule has 77 heavy (non-hydrogen) atoms. The summed E-state index contributed by atoms with van der Waals surface area (Å²) in [6.07, 6.45) is 12.8. The van der Waals surface area contributed by atoms with Gasteiger partial charge in [-0.05, 0) is 153 Å². The van der Waals surface area contributed by atoms with Crippen molar-refractivity contribution in [2.45, 2.75) is 109 Å². The molecule has 0 aliphatic carbocycles. The molecule has 0 radical (unpaired) electrons. The molecule has 5 aromatic rings. The molecule has 4 amide bonds. The number of fused-ring (bicyclic) bond motifs is 4. The number of hydrogen-bond donors (Lipinski definition) is 5. The Balaban J connectivity index is 0.943. The number of aryl methyl sites for hydroxylation is 2. The van der Waals surface area contributed by atoms with Crippen LogP contribution in [0.4, 0.5) is 21.5 Å². The van der Waals surface area contributed by atoms with E-state index in [0.29, 0.717) is 29.7 Å². The molecule has 5 aliphatic heterocycles. The van der Waals surface area contributed by atoms with Gasteiger partial charge in [0, 0.05) is 113 Å². The molecule has 0 saturated carbocycles. The normalized spacial score (nSPS) is 15.0. The first kappa shape index (κ1) is 52.4. The fourth-order valence-corrected chi connectivity index (χ4v) is 11.9. The molecule has 398 valence electrons. The standard InChI is InChI=1S/C59H62FN9O8/c60-48-31-36(17-24-49(48)64-66-61)35-69(58(73)37-18-21-41(22-19-37)63-50(70)15-3-1-2-4-16-51(71)65-76)30-25-62-57(72)40-20-23-42(59(74)75)45(34-40)52-46-32-38-11-5-7-26-67-28-9-13-43(53(38)67)55(46)77-56-44-14-10-29-68-27-8-6-12-39(54(44)68)33-47(52)56/h17-24,31-34H,1-16,25-30,35H2,(H4-,62,63,65,70,71,72,73,74,75,76)/p+1. The number of carboxylic acid groups (broad SMARTS) is 1. The molecule has 5 aromatic carbocycles. The maximum atomic E-state index is 15.1. The van der Waals surface area contributed by atoms with Crippen molar-refractivity contribution >= 4 is 52.2 Å². The van der Waals surface area contributed by atoms with Crippen LogP contribution in [0.2, 0.25) is 0 Å². The Morgan fingerprint density at radius 2 is 1.51 bits per heavy atom. The number of azide groups is 1. The van der Waals surface area contributed by atoms with E-state index >= 15 is 4.39 Å². The zero-order chi connectivity index (χ0) is 53.6. The minimum absolute atomic E-state index is 0.0151. The highest BCUT2D eigenvalue weighted by atomic mass is 19.1. The first-order valence-electron chi connectivity index (χ1n) is 27.0. The number of ether oxygens (including phenoxy) is 1. The number of unbranched alkanes of at least 4 members (excludes halogenated alkanes) is 3. The number of halogens is 1. The molecular formula is C59H63FN9O8+. The molecule has 5 aliphatic rings. The molecule has 17 nitrogen and oxygen atoms in total.